The minimum Gasteiger partial charge on any atom is -0.388 e. The highest BCUT2D eigenvalue weighted by Gasteiger charge is 2.22. The summed E-state index contributed by atoms with van der Waals surface area (Å²) in [6.07, 6.45) is 11.3. The molecule has 1 aliphatic rings. The fraction of sp³-hybridized carbons (Fsp3) is 0.600. The van der Waals surface area contributed by atoms with Crippen LogP contribution in [0.3, 0.4) is 0 Å². The number of rotatable bonds is 0. The van der Waals surface area contributed by atoms with Crippen molar-refractivity contribution in [1.29, 1.82) is 0 Å². The molecule has 0 fully saturated rings. The van der Waals surface area contributed by atoms with Crippen molar-refractivity contribution in [3.63, 3.8) is 0 Å². The molecule has 1 rings (SSSR count). The molecule has 16 heavy (non-hydrogen) atoms. The second-order valence-corrected chi connectivity index (χ2v) is 5.47. The summed E-state index contributed by atoms with van der Waals surface area (Å²) < 4.78 is 0. The van der Waals surface area contributed by atoms with Crippen LogP contribution in [-0.4, -0.2) is 11.2 Å². The molecular weight excluding hydrogens is 196 g/mol. The maximum Gasteiger partial charge on any atom is 0.0808 e. The summed E-state index contributed by atoms with van der Waals surface area (Å²) in [5, 5.41) is 10.1. The Balaban J connectivity index is 2.92. The third-order valence-electron chi connectivity index (χ3n) is 3.22. The first-order chi connectivity index (χ1) is 7.42. The zero-order valence-corrected chi connectivity index (χ0v) is 11.0. The van der Waals surface area contributed by atoms with E-state index < -0.39 is 0 Å². The Bertz CT molecular complexity index is 318. The molecule has 1 heteroatoms. The third kappa shape index (κ3) is 3.97. The fourth-order valence-electron chi connectivity index (χ4n) is 1.84. The van der Waals surface area contributed by atoms with Crippen molar-refractivity contribution in [1.82, 2.24) is 0 Å². The van der Waals surface area contributed by atoms with E-state index >= 15 is 0 Å². The Hall–Kier alpha value is -0.820. The molecule has 0 aromatic heterocycles. The number of aliphatic hydroxyl groups is 1. The van der Waals surface area contributed by atoms with Gasteiger partial charge in [-0.2, -0.15) is 0 Å². The lowest BCUT2D eigenvalue weighted by atomic mass is 9.84. The van der Waals surface area contributed by atoms with Gasteiger partial charge in [-0.1, -0.05) is 49.3 Å². The summed E-state index contributed by atoms with van der Waals surface area (Å²) in [6.45, 7) is 8.43. The van der Waals surface area contributed by atoms with Crippen molar-refractivity contribution >= 4 is 0 Å². The molecule has 0 bridgehead atoms. The average molecular weight is 220 g/mol. The van der Waals surface area contributed by atoms with Crippen LogP contribution in [0.25, 0.3) is 0 Å². The van der Waals surface area contributed by atoms with E-state index in [4.69, 9.17) is 0 Å². The Morgan fingerprint density at radius 2 is 1.94 bits per heavy atom. The molecule has 0 amide bonds. The predicted molar refractivity (Wildman–Crippen MR) is 70.3 cm³/mol. The highest BCUT2D eigenvalue weighted by atomic mass is 16.3. The van der Waals surface area contributed by atoms with E-state index in [1.54, 1.807) is 0 Å². The molecule has 0 radical (unpaired) electrons. The average Bonchev–Trinajstić information content (AvgIpc) is 2.17. The lowest BCUT2D eigenvalue weighted by Crippen LogP contribution is -2.25. The highest BCUT2D eigenvalue weighted by molar-refractivity contribution is 5.15. The molecule has 0 aliphatic heterocycles. The number of allylic oxidation sites excluding steroid dienone is 4. The first kappa shape index (κ1) is 13.2. The van der Waals surface area contributed by atoms with Crippen LogP contribution in [-0.2, 0) is 0 Å². The van der Waals surface area contributed by atoms with Gasteiger partial charge in [0, 0.05) is 5.41 Å². The van der Waals surface area contributed by atoms with E-state index in [-0.39, 0.29) is 11.5 Å². The van der Waals surface area contributed by atoms with Crippen LogP contribution in [0.5, 0.6) is 0 Å². The molecule has 0 aromatic carbocycles. The van der Waals surface area contributed by atoms with Crippen molar-refractivity contribution in [2.75, 3.05) is 0 Å². The Morgan fingerprint density at radius 3 is 2.62 bits per heavy atom. The minimum atomic E-state index is -0.387. The zero-order chi connectivity index (χ0) is 12.2. The lowest BCUT2D eigenvalue weighted by molar-refractivity contribution is 0.125. The standard InChI is InChI=1S/C15H24O/c1-12-7-5-8-13(2)11-14(16)15(3,4)10-6-9-12/h6-7,10-11,14,16H,5,8-9H2,1-4H3/t14-/m1/s1. The number of hydrogen-bond donors (Lipinski definition) is 1. The molecule has 0 saturated heterocycles. The van der Waals surface area contributed by atoms with Gasteiger partial charge in [0.05, 0.1) is 6.10 Å². The first-order valence-electron chi connectivity index (χ1n) is 6.10. The fourth-order valence-corrected chi connectivity index (χ4v) is 1.84. The molecule has 0 saturated carbocycles. The first-order valence-corrected chi connectivity index (χ1v) is 6.10. The van der Waals surface area contributed by atoms with Crippen molar-refractivity contribution < 1.29 is 5.11 Å². The van der Waals surface area contributed by atoms with Gasteiger partial charge in [0.25, 0.3) is 0 Å². The highest BCUT2D eigenvalue weighted by Crippen LogP contribution is 2.26. The quantitative estimate of drug-likeness (QED) is 0.612. The van der Waals surface area contributed by atoms with E-state index in [1.165, 1.54) is 11.1 Å². The van der Waals surface area contributed by atoms with Crippen molar-refractivity contribution in [2.45, 2.75) is 53.1 Å². The van der Waals surface area contributed by atoms with Crippen LogP contribution >= 0.6 is 0 Å². The zero-order valence-electron chi connectivity index (χ0n) is 11.0. The lowest BCUT2D eigenvalue weighted by Gasteiger charge is -2.25. The largest absolute Gasteiger partial charge is 0.388 e. The summed E-state index contributed by atoms with van der Waals surface area (Å²) in [4.78, 5) is 0. The SMILES string of the molecule is CC1=CCCC(C)=C[C@@H](O)C(C)(C)C=CC1. The third-order valence-corrected chi connectivity index (χ3v) is 3.22. The molecule has 1 nitrogen and oxygen atoms in total. The molecule has 0 unspecified atom stereocenters. The molecule has 0 aromatic rings. The van der Waals surface area contributed by atoms with Crippen LogP contribution in [0.15, 0.2) is 35.5 Å². The topological polar surface area (TPSA) is 20.2 Å². The van der Waals surface area contributed by atoms with Gasteiger partial charge in [-0.05, 0) is 33.1 Å². The smallest absolute Gasteiger partial charge is 0.0808 e. The van der Waals surface area contributed by atoms with E-state index in [2.05, 4.69) is 45.9 Å². The predicted octanol–water partition coefficient (Wildman–Crippen LogP) is 4.01. The van der Waals surface area contributed by atoms with Crippen LogP contribution in [0, 0.1) is 5.41 Å². The van der Waals surface area contributed by atoms with Gasteiger partial charge in [-0.15, -0.1) is 0 Å². The monoisotopic (exact) mass is 220 g/mol. The van der Waals surface area contributed by atoms with Crippen LogP contribution in [0.2, 0.25) is 0 Å². The number of hydrogen-bond acceptors (Lipinski definition) is 1. The summed E-state index contributed by atoms with van der Waals surface area (Å²) >= 11 is 0. The maximum absolute atomic E-state index is 10.1. The van der Waals surface area contributed by atoms with Crippen molar-refractivity contribution in [2.24, 2.45) is 5.41 Å². The van der Waals surface area contributed by atoms with Crippen LogP contribution in [0.4, 0.5) is 0 Å². The molecule has 1 atom stereocenters. The molecule has 0 heterocycles. The second-order valence-electron chi connectivity index (χ2n) is 5.47. The van der Waals surface area contributed by atoms with Gasteiger partial charge >= 0.3 is 0 Å². The van der Waals surface area contributed by atoms with Crippen LogP contribution < -0.4 is 0 Å². The van der Waals surface area contributed by atoms with Crippen molar-refractivity contribution in [3.05, 3.63) is 35.5 Å². The van der Waals surface area contributed by atoms with Gasteiger partial charge in [0.1, 0.15) is 0 Å². The maximum atomic E-state index is 10.1. The summed E-state index contributed by atoms with van der Waals surface area (Å²) in [7, 11) is 0. The van der Waals surface area contributed by atoms with E-state index in [9.17, 15) is 5.11 Å². The molecule has 1 N–H and O–H groups in total. The normalized spacial score (nSPS) is 26.7. The van der Waals surface area contributed by atoms with Gasteiger partial charge in [0.15, 0.2) is 0 Å². The van der Waals surface area contributed by atoms with Gasteiger partial charge in [-0.25, -0.2) is 0 Å². The molecular formula is C15H24O. The van der Waals surface area contributed by atoms with Gasteiger partial charge in [-0.3, -0.25) is 0 Å². The van der Waals surface area contributed by atoms with E-state index in [0.29, 0.717) is 0 Å². The summed E-state index contributed by atoms with van der Waals surface area (Å²) in [6, 6.07) is 0. The molecule has 0 spiro atoms. The van der Waals surface area contributed by atoms with Gasteiger partial charge in [0.2, 0.25) is 0 Å². The van der Waals surface area contributed by atoms with E-state index in [1.807, 2.05) is 6.08 Å². The van der Waals surface area contributed by atoms with Crippen LogP contribution in [0.1, 0.15) is 47.0 Å². The number of aliphatic hydroxyl groups excluding tert-OH is 1. The van der Waals surface area contributed by atoms with E-state index in [0.717, 1.165) is 19.3 Å². The summed E-state index contributed by atoms with van der Waals surface area (Å²) in [5.74, 6) is 0. The second kappa shape index (κ2) is 5.49. The Morgan fingerprint density at radius 1 is 1.25 bits per heavy atom. The molecule has 1 aliphatic carbocycles. The molecule has 90 valence electrons. The van der Waals surface area contributed by atoms with Crippen molar-refractivity contribution in [3.8, 4) is 0 Å². The minimum absolute atomic E-state index is 0.175. The van der Waals surface area contributed by atoms with Gasteiger partial charge < -0.3 is 5.11 Å². The Kier molecular flexibility index (Phi) is 4.55. The summed E-state index contributed by atoms with van der Waals surface area (Å²) in [5.41, 5.74) is 2.52. The Labute approximate surface area is 99.6 Å².